The first-order valence-electron chi connectivity index (χ1n) is 33.6. The number of benzene rings is 5. The van der Waals surface area contributed by atoms with Crippen LogP contribution in [-0.4, -0.2) is 152 Å². The van der Waals surface area contributed by atoms with Gasteiger partial charge in [-0.25, -0.2) is 4.79 Å². The molecular weight excluding hydrogens is 1280 g/mol. The Kier molecular flexibility index (Phi) is 27.4. The zero-order chi connectivity index (χ0) is 71.8. The Labute approximate surface area is 578 Å². The smallest absolute Gasteiger partial charge is 0.326 e. The number of phenols is 1. The van der Waals surface area contributed by atoms with Crippen molar-refractivity contribution in [2.24, 2.45) is 28.9 Å². The standard InChI is InChI=1S/C73H91N15O12/c1-42(2)32-57(66(92)81-56(73(99)100)25-13-15-31-75)83-68(94)59(34-44-26-28-48(89)29-27-44)84-72(98)63(38-64(77)90)88-71(97)62(37-47-41-80-55-24-11-8-20-51(47)55)87-70(96)61(36-46-40-79-54-23-10-7-19-50(46)54)86-69(95)60(35-45-39-78-53-22-9-6-18-49(45)53)85-67(93)58(33-43-16-4-3-5-17-43)82-65(91)52(76)21-12-14-30-74/h3-11,16-20,22-24,26-29,39-42,52,56-63,78-80,89H,12-15,21,25,30-38,74-76H2,1-2H3,(H2,77,90)(H,81,92)(H,82,91)(H,83,94)(H,84,98)(H,85,93)(H,86,95)(H,87,96)(H,88,97)(H,99,100)/t52-,56-,57-,58-,59-,60-,61-,62-,63-/m0/s1. The number of aliphatic carboxylic acids is 1. The van der Waals surface area contributed by atoms with Gasteiger partial charge < -0.3 is 90.6 Å². The number of phenolic OH excluding ortho intramolecular Hbond substituents is 1. The van der Waals surface area contributed by atoms with Crippen molar-refractivity contribution >= 4 is 91.8 Å². The van der Waals surface area contributed by atoms with Gasteiger partial charge in [0.15, 0.2) is 0 Å². The van der Waals surface area contributed by atoms with Gasteiger partial charge in [-0.05, 0) is 116 Å². The van der Waals surface area contributed by atoms with Gasteiger partial charge in [0.2, 0.25) is 53.2 Å². The van der Waals surface area contributed by atoms with Crippen LogP contribution in [0.1, 0.15) is 93.0 Å². The number of unbranched alkanes of at least 4 members (excludes halogenated alkanes) is 2. The van der Waals surface area contributed by atoms with E-state index >= 15 is 14.4 Å². The maximum Gasteiger partial charge on any atom is 0.326 e. The normalized spacial score (nSPS) is 14.1. The number of H-pyrrole nitrogens is 3. The summed E-state index contributed by atoms with van der Waals surface area (Å²) >= 11 is 0. The highest BCUT2D eigenvalue weighted by Crippen LogP contribution is 2.24. The van der Waals surface area contributed by atoms with Crippen LogP contribution >= 0.6 is 0 Å². The number of nitrogens with one attached hydrogen (secondary N) is 11. The number of carboxylic acids is 1. The predicted octanol–water partition coefficient (Wildman–Crippen LogP) is 2.82. The lowest BCUT2D eigenvalue weighted by molar-refractivity contribution is -0.142. The monoisotopic (exact) mass is 1370 g/mol. The lowest BCUT2D eigenvalue weighted by Gasteiger charge is -2.28. The van der Waals surface area contributed by atoms with Crippen LogP contribution in [0.3, 0.4) is 0 Å². The van der Waals surface area contributed by atoms with Gasteiger partial charge in [0.1, 0.15) is 54.1 Å². The lowest BCUT2D eigenvalue weighted by atomic mass is 9.99. The predicted molar refractivity (Wildman–Crippen MR) is 378 cm³/mol. The quantitative estimate of drug-likeness (QED) is 0.0246. The van der Waals surface area contributed by atoms with Gasteiger partial charge in [0.25, 0.3) is 0 Å². The van der Waals surface area contributed by atoms with Crippen molar-refractivity contribution in [3.63, 3.8) is 0 Å². The molecule has 0 spiro atoms. The highest BCUT2D eigenvalue weighted by Gasteiger charge is 2.37. The number of aromatic hydroxyl groups is 1. The van der Waals surface area contributed by atoms with Crippen molar-refractivity contribution < 1.29 is 58.2 Å². The van der Waals surface area contributed by atoms with Crippen LogP contribution in [0.2, 0.25) is 0 Å². The molecule has 0 radical (unpaired) electrons. The van der Waals surface area contributed by atoms with Crippen molar-refractivity contribution in [1.82, 2.24) is 57.5 Å². The molecule has 27 nitrogen and oxygen atoms in total. The Bertz CT molecular complexity index is 4110. The average molecular weight is 1370 g/mol. The van der Waals surface area contributed by atoms with Crippen LogP contribution in [0.4, 0.5) is 0 Å². The van der Waals surface area contributed by atoms with Crippen molar-refractivity contribution in [3.05, 3.63) is 174 Å². The molecule has 8 rings (SSSR count). The molecule has 8 aromatic rings. The number of amides is 9. The minimum Gasteiger partial charge on any atom is -0.508 e. The molecule has 3 heterocycles. The van der Waals surface area contributed by atoms with E-state index < -0.39 is 120 Å². The second kappa shape index (κ2) is 36.6. The number of aromatic amines is 3. The van der Waals surface area contributed by atoms with Crippen LogP contribution in [0.5, 0.6) is 5.75 Å². The summed E-state index contributed by atoms with van der Waals surface area (Å²) in [6.45, 7) is 4.27. The summed E-state index contributed by atoms with van der Waals surface area (Å²) < 4.78 is 0. The fourth-order valence-electron chi connectivity index (χ4n) is 12.0. The molecule has 21 N–H and O–H groups in total. The minimum absolute atomic E-state index is 0.00609. The molecule has 0 bridgehead atoms. The summed E-state index contributed by atoms with van der Waals surface area (Å²) in [7, 11) is 0. The van der Waals surface area contributed by atoms with Gasteiger partial charge in [-0.3, -0.25) is 43.2 Å². The summed E-state index contributed by atoms with van der Waals surface area (Å²) in [6.07, 6.45) is 5.83. The number of carboxylic acid groups (broad SMARTS) is 1. The molecule has 9 atom stereocenters. The van der Waals surface area contributed by atoms with Crippen LogP contribution < -0.4 is 65.5 Å². The van der Waals surface area contributed by atoms with Gasteiger partial charge in [-0.15, -0.1) is 0 Å². The van der Waals surface area contributed by atoms with Gasteiger partial charge in [-0.2, -0.15) is 0 Å². The average Bonchev–Trinajstić information content (AvgIpc) is 1.68. The molecule has 3 aromatic heterocycles. The highest BCUT2D eigenvalue weighted by atomic mass is 16.4. The number of carbonyl (C=O) groups excluding carboxylic acids is 9. The Morgan fingerprint density at radius 1 is 0.400 bits per heavy atom. The molecule has 0 saturated carbocycles. The van der Waals surface area contributed by atoms with Gasteiger partial charge in [0, 0.05) is 83.4 Å². The number of primary amides is 1. The second-order valence-electron chi connectivity index (χ2n) is 25.6. The summed E-state index contributed by atoms with van der Waals surface area (Å²) in [4.78, 5) is 153. The molecule has 0 aliphatic carbocycles. The summed E-state index contributed by atoms with van der Waals surface area (Å²) in [5, 5.41) is 44.2. The Hall–Kier alpha value is -10.9. The van der Waals surface area contributed by atoms with Gasteiger partial charge in [0.05, 0.1) is 12.5 Å². The molecule has 0 saturated heterocycles. The molecule has 530 valence electrons. The number of rotatable bonds is 39. The van der Waals surface area contributed by atoms with Crippen LogP contribution in [0.25, 0.3) is 32.7 Å². The zero-order valence-corrected chi connectivity index (χ0v) is 56.0. The number of carbonyl (C=O) groups is 10. The number of hydrogen-bond acceptors (Lipinski definition) is 14. The topological polar surface area (TPSA) is 459 Å². The third kappa shape index (κ3) is 21.5. The maximum atomic E-state index is 15.6. The molecule has 5 aromatic carbocycles. The number of aromatic nitrogens is 3. The zero-order valence-electron chi connectivity index (χ0n) is 56.0. The number of fused-ring (bicyclic) bond motifs is 3. The van der Waals surface area contributed by atoms with E-state index in [1.54, 1.807) is 93.1 Å². The summed E-state index contributed by atoms with van der Waals surface area (Å²) in [5.74, 6) is -9.57. The second-order valence-corrected chi connectivity index (χ2v) is 25.6. The number of hydrogen-bond donors (Lipinski definition) is 17. The van der Waals surface area contributed by atoms with Crippen molar-refractivity contribution in [2.45, 2.75) is 152 Å². The third-order valence-corrected chi connectivity index (χ3v) is 17.4. The van der Waals surface area contributed by atoms with E-state index in [1.807, 2.05) is 42.5 Å². The molecular formula is C73H91N15O12. The molecule has 100 heavy (non-hydrogen) atoms. The van der Waals surface area contributed by atoms with E-state index in [9.17, 15) is 43.8 Å². The molecule has 27 heteroatoms. The fourth-order valence-corrected chi connectivity index (χ4v) is 12.0. The lowest BCUT2D eigenvalue weighted by Crippen LogP contribution is -2.61. The van der Waals surface area contributed by atoms with Crippen LogP contribution in [0.15, 0.2) is 146 Å². The molecule has 0 fully saturated rings. The molecule has 0 aliphatic heterocycles. The maximum absolute atomic E-state index is 15.6. The SMILES string of the molecule is CC(C)C[C@H](NC(=O)[C@H](Cc1ccc(O)cc1)NC(=O)[C@H](CC(N)=O)NC(=O)[C@H](Cc1c[nH]c2ccccc12)NC(=O)[C@H](Cc1c[nH]c2ccccc12)NC(=O)[C@H](Cc1c[nH]c2ccccc12)NC(=O)[C@H](Cc1ccccc1)NC(=O)[C@@H](N)CCCCN)C(=O)N[C@@H](CCCCN)C(=O)O. The Morgan fingerprint density at radius 3 is 1.15 bits per heavy atom. The molecule has 0 unspecified atom stereocenters. The minimum atomic E-state index is -1.83. The van der Waals surface area contributed by atoms with E-state index in [0.29, 0.717) is 94.8 Å². The first-order valence-corrected chi connectivity index (χ1v) is 33.6. The van der Waals surface area contributed by atoms with E-state index in [1.165, 1.54) is 24.3 Å². The Morgan fingerprint density at radius 2 is 0.740 bits per heavy atom. The summed E-state index contributed by atoms with van der Waals surface area (Å²) in [6, 6.07) is 23.6. The summed E-state index contributed by atoms with van der Waals surface area (Å²) in [5.41, 5.74) is 28.4. The van der Waals surface area contributed by atoms with E-state index in [0.717, 1.165) is 10.9 Å². The Balaban J connectivity index is 1.12. The molecule has 0 aliphatic rings. The van der Waals surface area contributed by atoms with Crippen molar-refractivity contribution in [1.29, 1.82) is 0 Å². The van der Waals surface area contributed by atoms with Crippen LogP contribution in [0, 0.1) is 5.92 Å². The first kappa shape index (κ1) is 74.9. The van der Waals surface area contributed by atoms with Crippen molar-refractivity contribution in [3.8, 4) is 5.75 Å². The number of para-hydroxylation sites is 3. The van der Waals surface area contributed by atoms with Gasteiger partial charge in [-0.1, -0.05) is 117 Å². The first-order chi connectivity index (χ1) is 48.1. The fraction of sp³-hybridized carbons (Fsp3) is 0.370. The van der Waals surface area contributed by atoms with Gasteiger partial charge >= 0.3 is 5.97 Å². The van der Waals surface area contributed by atoms with E-state index in [2.05, 4.69) is 57.5 Å². The van der Waals surface area contributed by atoms with E-state index in [-0.39, 0.29) is 56.6 Å². The van der Waals surface area contributed by atoms with Crippen molar-refractivity contribution in [2.75, 3.05) is 13.1 Å². The highest BCUT2D eigenvalue weighted by molar-refractivity contribution is 6.00. The van der Waals surface area contributed by atoms with E-state index in [4.69, 9.17) is 22.9 Å². The third-order valence-electron chi connectivity index (χ3n) is 17.4. The van der Waals surface area contributed by atoms with Crippen LogP contribution in [-0.2, 0) is 80.0 Å². The largest absolute Gasteiger partial charge is 0.508 e. The molecule has 9 amide bonds. The number of nitrogens with two attached hydrogens (primary N) is 4.